The molecule has 0 rings (SSSR count). The Bertz CT molecular complexity index is 222. The normalized spacial score (nSPS) is 13.3. The van der Waals surface area contributed by atoms with E-state index in [0.29, 0.717) is 19.6 Å². The van der Waals surface area contributed by atoms with Gasteiger partial charge in [0.2, 0.25) is 0 Å². The molecule has 4 nitrogen and oxygen atoms in total. The summed E-state index contributed by atoms with van der Waals surface area (Å²) < 4.78 is 21.6. The standard InChI is InChI=1S/C7H18N2O2S/c1-7(2,12(3,10)11)6-9-5-4-8/h9H,4-6,8H2,1-3H3. The van der Waals surface area contributed by atoms with E-state index in [4.69, 9.17) is 5.73 Å². The van der Waals surface area contributed by atoms with Gasteiger partial charge in [0.1, 0.15) is 0 Å². The zero-order chi connectivity index (χ0) is 9.83. The zero-order valence-corrected chi connectivity index (χ0v) is 8.74. The first-order chi connectivity index (χ1) is 5.31. The van der Waals surface area contributed by atoms with Gasteiger partial charge in [-0.05, 0) is 13.8 Å². The highest BCUT2D eigenvalue weighted by Gasteiger charge is 2.29. The van der Waals surface area contributed by atoms with E-state index in [9.17, 15) is 8.42 Å². The monoisotopic (exact) mass is 194 g/mol. The molecule has 0 aromatic heterocycles. The minimum Gasteiger partial charge on any atom is -0.329 e. The molecule has 74 valence electrons. The first-order valence-electron chi connectivity index (χ1n) is 3.91. The van der Waals surface area contributed by atoms with E-state index in [1.165, 1.54) is 6.26 Å². The van der Waals surface area contributed by atoms with Crippen molar-refractivity contribution < 1.29 is 8.42 Å². The van der Waals surface area contributed by atoms with Crippen LogP contribution in [-0.4, -0.2) is 39.1 Å². The second-order valence-corrected chi connectivity index (χ2v) is 6.15. The molecule has 0 spiro atoms. The Morgan fingerprint density at radius 3 is 2.25 bits per heavy atom. The number of rotatable bonds is 5. The first kappa shape index (κ1) is 11.9. The van der Waals surface area contributed by atoms with Gasteiger partial charge in [-0.3, -0.25) is 0 Å². The number of sulfone groups is 1. The predicted octanol–water partition coefficient (Wildman–Crippen LogP) is -0.642. The molecule has 0 heterocycles. The third kappa shape index (κ3) is 3.51. The van der Waals surface area contributed by atoms with Gasteiger partial charge in [0.25, 0.3) is 0 Å². The number of nitrogens with two attached hydrogens (primary N) is 1. The molecule has 0 radical (unpaired) electrons. The lowest BCUT2D eigenvalue weighted by Gasteiger charge is -2.22. The van der Waals surface area contributed by atoms with E-state index in [2.05, 4.69) is 5.32 Å². The van der Waals surface area contributed by atoms with Crippen LogP contribution in [0.4, 0.5) is 0 Å². The van der Waals surface area contributed by atoms with Crippen molar-refractivity contribution in [2.24, 2.45) is 5.73 Å². The van der Waals surface area contributed by atoms with Crippen LogP contribution < -0.4 is 11.1 Å². The van der Waals surface area contributed by atoms with Gasteiger partial charge < -0.3 is 11.1 Å². The topological polar surface area (TPSA) is 72.2 Å². The molecule has 0 atom stereocenters. The molecule has 0 amide bonds. The van der Waals surface area contributed by atoms with Crippen LogP contribution in [0.15, 0.2) is 0 Å². The summed E-state index contributed by atoms with van der Waals surface area (Å²) in [5.74, 6) is 0. The van der Waals surface area contributed by atoms with Gasteiger partial charge in [0.15, 0.2) is 9.84 Å². The maximum Gasteiger partial charge on any atom is 0.153 e. The van der Waals surface area contributed by atoms with Crippen LogP contribution in [-0.2, 0) is 9.84 Å². The number of nitrogens with one attached hydrogen (secondary N) is 1. The van der Waals surface area contributed by atoms with E-state index in [0.717, 1.165) is 0 Å². The second kappa shape index (κ2) is 4.20. The minimum atomic E-state index is -2.99. The molecule has 0 saturated heterocycles. The van der Waals surface area contributed by atoms with Crippen LogP contribution in [0.3, 0.4) is 0 Å². The SMILES string of the molecule is CC(C)(CNCCN)S(C)(=O)=O. The molecule has 0 fully saturated rings. The Morgan fingerprint density at radius 2 is 1.92 bits per heavy atom. The fraction of sp³-hybridized carbons (Fsp3) is 1.00. The first-order valence-corrected chi connectivity index (χ1v) is 5.81. The largest absolute Gasteiger partial charge is 0.329 e. The lowest BCUT2D eigenvalue weighted by atomic mass is 10.2. The van der Waals surface area contributed by atoms with E-state index in [1.54, 1.807) is 13.8 Å². The molecule has 0 bridgehead atoms. The lowest BCUT2D eigenvalue weighted by molar-refractivity contribution is 0.524. The van der Waals surface area contributed by atoms with Crippen LogP contribution >= 0.6 is 0 Å². The summed E-state index contributed by atoms with van der Waals surface area (Å²) in [4.78, 5) is 0. The maximum absolute atomic E-state index is 11.2. The fourth-order valence-electron chi connectivity index (χ4n) is 0.623. The molecule has 0 aliphatic heterocycles. The van der Waals surface area contributed by atoms with Crippen molar-refractivity contribution in [3.8, 4) is 0 Å². The van der Waals surface area contributed by atoms with Crippen LogP contribution in [0.2, 0.25) is 0 Å². The third-order valence-corrected chi connectivity index (χ3v) is 4.03. The molecule has 0 aliphatic carbocycles. The average Bonchev–Trinajstić information content (AvgIpc) is 1.85. The summed E-state index contributed by atoms with van der Waals surface area (Å²) in [6.07, 6.45) is 1.25. The molecular formula is C7H18N2O2S. The molecule has 0 aromatic rings. The molecule has 0 unspecified atom stereocenters. The van der Waals surface area contributed by atoms with Gasteiger partial charge in [0.05, 0.1) is 4.75 Å². The van der Waals surface area contributed by atoms with Gasteiger partial charge in [-0.1, -0.05) is 0 Å². The Labute approximate surface area is 74.4 Å². The smallest absolute Gasteiger partial charge is 0.153 e. The minimum absolute atomic E-state index is 0.447. The molecule has 3 N–H and O–H groups in total. The van der Waals surface area contributed by atoms with E-state index < -0.39 is 14.6 Å². The Morgan fingerprint density at radius 1 is 1.42 bits per heavy atom. The quantitative estimate of drug-likeness (QED) is 0.571. The van der Waals surface area contributed by atoms with Crippen LogP contribution in [0.5, 0.6) is 0 Å². The molecule has 0 aliphatic rings. The highest BCUT2D eigenvalue weighted by Crippen LogP contribution is 2.12. The van der Waals surface area contributed by atoms with Gasteiger partial charge in [-0.25, -0.2) is 8.42 Å². The van der Waals surface area contributed by atoms with E-state index >= 15 is 0 Å². The summed E-state index contributed by atoms with van der Waals surface area (Å²) in [6.45, 7) is 5.03. The summed E-state index contributed by atoms with van der Waals surface area (Å²) >= 11 is 0. The average molecular weight is 194 g/mol. The van der Waals surface area contributed by atoms with Gasteiger partial charge in [-0.2, -0.15) is 0 Å². The predicted molar refractivity (Wildman–Crippen MR) is 50.8 cm³/mol. The van der Waals surface area contributed by atoms with E-state index in [-0.39, 0.29) is 0 Å². The zero-order valence-electron chi connectivity index (χ0n) is 7.92. The Balaban J connectivity index is 4.06. The van der Waals surface area contributed by atoms with Gasteiger partial charge in [-0.15, -0.1) is 0 Å². The highest BCUT2D eigenvalue weighted by atomic mass is 32.2. The second-order valence-electron chi connectivity index (χ2n) is 3.50. The highest BCUT2D eigenvalue weighted by molar-refractivity contribution is 7.92. The van der Waals surface area contributed by atoms with Crippen molar-refractivity contribution in [3.05, 3.63) is 0 Å². The van der Waals surface area contributed by atoms with Crippen molar-refractivity contribution >= 4 is 9.84 Å². The Hall–Kier alpha value is -0.130. The molecule has 5 heteroatoms. The maximum atomic E-state index is 11.2. The Kier molecular flexibility index (Phi) is 4.16. The fourth-order valence-corrected chi connectivity index (χ4v) is 0.987. The van der Waals surface area contributed by atoms with Gasteiger partial charge in [0, 0.05) is 25.9 Å². The lowest BCUT2D eigenvalue weighted by Crippen LogP contribution is -2.42. The van der Waals surface area contributed by atoms with Crippen molar-refractivity contribution in [1.29, 1.82) is 0 Å². The third-order valence-electron chi connectivity index (χ3n) is 1.88. The molecule has 0 aromatic carbocycles. The van der Waals surface area contributed by atoms with Crippen LogP contribution in [0.1, 0.15) is 13.8 Å². The molecule has 0 saturated carbocycles. The number of hydrogen-bond donors (Lipinski definition) is 2. The van der Waals surface area contributed by atoms with Crippen LogP contribution in [0, 0.1) is 0 Å². The van der Waals surface area contributed by atoms with Crippen molar-refractivity contribution in [1.82, 2.24) is 5.32 Å². The summed E-state index contributed by atoms with van der Waals surface area (Å²) in [6, 6.07) is 0. The summed E-state index contributed by atoms with van der Waals surface area (Å²) in [7, 11) is -2.99. The van der Waals surface area contributed by atoms with E-state index in [1.807, 2.05) is 0 Å². The number of hydrogen-bond acceptors (Lipinski definition) is 4. The van der Waals surface area contributed by atoms with Crippen molar-refractivity contribution in [2.45, 2.75) is 18.6 Å². The van der Waals surface area contributed by atoms with Gasteiger partial charge >= 0.3 is 0 Å². The van der Waals surface area contributed by atoms with Crippen molar-refractivity contribution in [2.75, 3.05) is 25.9 Å². The summed E-state index contributed by atoms with van der Waals surface area (Å²) in [5, 5.41) is 2.98. The van der Waals surface area contributed by atoms with Crippen molar-refractivity contribution in [3.63, 3.8) is 0 Å². The molecule has 12 heavy (non-hydrogen) atoms. The molecular weight excluding hydrogens is 176 g/mol. The summed E-state index contributed by atoms with van der Waals surface area (Å²) in [5.41, 5.74) is 5.25. The van der Waals surface area contributed by atoms with Crippen LogP contribution in [0.25, 0.3) is 0 Å².